The van der Waals surface area contributed by atoms with E-state index in [1.807, 2.05) is 0 Å². The van der Waals surface area contributed by atoms with Gasteiger partial charge in [0.05, 0.1) is 0 Å². The minimum absolute atomic E-state index is 0. The Morgan fingerprint density at radius 2 is 1.70 bits per heavy atom. The van der Waals surface area contributed by atoms with Crippen molar-refractivity contribution < 1.29 is 54.1 Å². The molecule has 3 nitrogen and oxygen atoms in total. The first-order chi connectivity index (χ1) is 9.41. The number of nitrogens with one attached hydrogen (secondary N) is 1. The molecule has 2 aliphatic rings. The molecular weight excluding hydrogens is 401 g/mol. The third kappa shape index (κ3) is 4.97. The predicted octanol–water partition coefficient (Wildman–Crippen LogP) is -2.62. The molecule has 1 heterocycles. The van der Waals surface area contributed by atoms with Gasteiger partial charge in [-0.15, -0.1) is 0 Å². The summed E-state index contributed by atoms with van der Waals surface area (Å²) in [5.41, 5.74) is 1.34. The largest absolute Gasteiger partial charge is 1.00 e. The van der Waals surface area contributed by atoms with E-state index in [0.29, 0.717) is 0 Å². The fourth-order valence-electron chi connectivity index (χ4n) is 2.98. The topological polar surface area (TPSA) is 30.5 Å². The minimum atomic E-state index is -1.76. The first-order valence-corrected chi connectivity index (χ1v) is 14.3. The van der Waals surface area contributed by atoms with Gasteiger partial charge in [-0.05, 0) is 0 Å². The van der Waals surface area contributed by atoms with E-state index in [9.17, 15) is 0 Å². The summed E-state index contributed by atoms with van der Waals surface area (Å²) in [4.78, 5) is 0. The molecule has 2 rings (SSSR count). The van der Waals surface area contributed by atoms with Gasteiger partial charge in [-0.2, -0.15) is 0 Å². The molecule has 0 bridgehead atoms. The van der Waals surface area contributed by atoms with E-state index >= 15 is 0 Å². The normalized spacial score (nSPS) is 26.6. The van der Waals surface area contributed by atoms with Crippen LogP contribution in [0.3, 0.4) is 0 Å². The van der Waals surface area contributed by atoms with Crippen LogP contribution in [-0.4, -0.2) is 34.9 Å². The van der Waals surface area contributed by atoms with Gasteiger partial charge in [0.25, 0.3) is 0 Å². The number of allylic oxidation sites excluding steroid dienone is 2. The fraction of sp³-hybridized carbons (Fsp3) is 0.733. The Balaban J connectivity index is 0.00000242. The molecule has 2 atom stereocenters. The van der Waals surface area contributed by atoms with Crippen LogP contribution >= 0.6 is 0 Å². The molecule has 8 heteroatoms. The minimum Gasteiger partial charge on any atom is -1.00 e. The van der Waals surface area contributed by atoms with E-state index < -0.39 is 16.6 Å². The van der Waals surface area contributed by atoms with Crippen molar-refractivity contribution in [3.63, 3.8) is 0 Å². The quantitative estimate of drug-likeness (QED) is 0.486. The van der Waals surface area contributed by atoms with Gasteiger partial charge in [0, 0.05) is 0 Å². The predicted molar refractivity (Wildman–Crippen MR) is 88.4 cm³/mol. The van der Waals surface area contributed by atoms with E-state index in [1.54, 1.807) is 0 Å². The van der Waals surface area contributed by atoms with Crippen molar-refractivity contribution in [1.29, 1.82) is 0 Å². The van der Waals surface area contributed by atoms with Crippen molar-refractivity contribution in [3.05, 3.63) is 20.0 Å². The molecule has 0 saturated carbocycles. The fourth-order valence-corrected chi connectivity index (χ4v) is 9.67. The Labute approximate surface area is 167 Å². The molecule has 0 aromatic heterocycles. The summed E-state index contributed by atoms with van der Waals surface area (Å²) >= 11 is 2.23. The molecule has 0 amide bonds. The number of rotatable bonds is 5. The molecule has 1 N–H and O–H groups in total. The molecule has 23 heavy (non-hydrogen) atoms. The Kier molecular flexibility index (Phi) is 7.97. The zero-order valence-electron chi connectivity index (χ0n) is 15.4. The molecule has 1 aliphatic heterocycles. The maximum absolute atomic E-state index is 6.47. The van der Waals surface area contributed by atoms with E-state index in [-0.39, 0.29) is 36.5 Å². The van der Waals surface area contributed by atoms with E-state index in [4.69, 9.17) is 8.85 Å². The second-order valence-corrected chi connectivity index (χ2v) is 16.7. The molecule has 1 saturated heterocycles. The molecule has 1 fully saturated rings. The number of halogens is 2. The third-order valence-electron chi connectivity index (χ3n) is 3.62. The summed E-state index contributed by atoms with van der Waals surface area (Å²) in [5, 5.41) is 6.69. The zero-order valence-corrected chi connectivity index (χ0v) is 20.4. The SMILES string of the molecule is CCO[Si]1(C)C2=[C]([Ti+2])C(O[Si](C)(C)C)C(NC(C)(C)C)=C21.[Cl-].[Cl-]. The van der Waals surface area contributed by atoms with Crippen LogP contribution in [-0.2, 0) is 29.3 Å². The zero-order chi connectivity index (χ0) is 16.2. The van der Waals surface area contributed by atoms with Crippen LogP contribution in [0, 0.1) is 0 Å². The molecule has 0 radical (unpaired) electrons. The number of fused-ring (bicyclic) bond motifs is 1. The first kappa shape index (κ1) is 23.9. The number of hydrogen-bond donors (Lipinski definition) is 1. The maximum atomic E-state index is 6.47. The molecule has 0 spiro atoms. The van der Waals surface area contributed by atoms with Gasteiger partial charge in [-0.1, -0.05) is 0 Å². The van der Waals surface area contributed by atoms with Gasteiger partial charge in [-0.25, -0.2) is 0 Å². The van der Waals surface area contributed by atoms with Gasteiger partial charge in [0.15, 0.2) is 0 Å². The van der Waals surface area contributed by atoms with Crippen molar-refractivity contribution >= 4 is 16.6 Å². The second-order valence-electron chi connectivity index (χ2n) is 8.03. The summed E-state index contributed by atoms with van der Waals surface area (Å²) in [7, 11) is -3.35. The summed E-state index contributed by atoms with van der Waals surface area (Å²) in [6, 6.07) is 0. The summed E-state index contributed by atoms with van der Waals surface area (Å²) in [6.45, 7) is 18.6. The molecule has 2 unspecified atom stereocenters. The Morgan fingerprint density at radius 3 is 2.09 bits per heavy atom. The molecule has 1 aliphatic carbocycles. The summed E-state index contributed by atoms with van der Waals surface area (Å²) < 4.78 is 14.0. The van der Waals surface area contributed by atoms with Crippen LogP contribution in [0.2, 0.25) is 26.2 Å². The van der Waals surface area contributed by atoms with Crippen LogP contribution < -0.4 is 30.1 Å². The Hall–Kier alpha value is 0.928. The van der Waals surface area contributed by atoms with Gasteiger partial charge in [-0.3, -0.25) is 0 Å². The molecule has 0 aromatic rings. The van der Waals surface area contributed by atoms with Crippen LogP contribution in [0.15, 0.2) is 20.0 Å². The summed E-state index contributed by atoms with van der Waals surface area (Å²) in [6.07, 6.45) is 0.127. The summed E-state index contributed by atoms with van der Waals surface area (Å²) in [5.74, 6) is 0. The second kappa shape index (κ2) is 7.66. The first-order valence-electron chi connectivity index (χ1n) is 7.72. The third-order valence-corrected chi connectivity index (χ3v) is 9.31. The van der Waals surface area contributed by atoms with E-state index in [2.05, 4.69) is 79.6 Å². The average molecular weight is 429 g/mol. The van der Waals surface area contributed by atoms with Crippen molar-refractivity contribution in [2.45, 2.75) is 65.5 Å². The van der Waals surface area contributed by atoms with E-state index in [1.165, 1.54) is 20.0 Å². The average Bonchev–Trinajstić information content (AvgIpc) is 2.76. The smallest absolute Gasteiger partial charge is 1.00 e. The van der Waals surface area contributed by atoms with Crippen molar-refractivity contribution in [3.8, 4) is 0 Å². The van der Waals surface area contributed by atoms with Crippen LogP contribution in [0.5, 0.6) is 0 Å². The van der Waals surface area contributed by atoms with Crippen LogP contribution in [0.25, 0.3) is 0 Å². The van der Waals surface area contributed by atoms with Crippen LogP contribution in [0.4, 0.5) is 0 Å². The van der Waals surface area contributed by atoms with Gasteiger partial charge in [0.2, 0.25) is 0 Å². The molecule has 0 aromatic carbocycles. The van der Waals surface area contributed by atoms with Crippen LogP contribution in [0.1, 0.15) is 27.7 Å². The Bertz CT molecular complexity index is 527. The van der Waals surface area contributed by atoms with E-state index in [0.717, 1.165) is 6.61 Å². The monoisotopic (exact) mass is 428 g/mol. The number of hydrogen-bond acceptors (Lipinski definition) is 3. The molecule has 131 valence electrons. The van der Waals surface area contributed by atoms with Crippen molar-refractivity contribution in [1.82, 2.24) is 5.32 Å². The van der Waals surface area contributed by atoms with Gasteiger partial charge < -0.3 is 24.8 Å². The maximum Gasteiger partial charge on any atom is -1.00 e. The van der Waals surface area contributed by atoms with Gasteiger partial charge >= 0.3 is 143 Å². The van der Waals surface area contributed by atoms with Crippen molar-refractivity contribution in [2.75, 3.05) is 6.61 Å². The van der Waals surface area contributed by atoms with Gasteiger partial charge in [0.1, 0.15) is 0 Å². The van der Waals surface area contributed by atoms with Crippen molar-refractivity contribution in [2.24, 2.45) is 0 Å². The standard InChI is InChI=1S/C15H28NO2Si2.2ClH.Ti/c1-9-17-20(8)12-10-11(18-19(5,6)7)13(14(12)20)16-15(2,3)4;;;/h11,16H,9H2,1-8H3;2*1H;/q;;;+2/p-2. The Morgan fingerprint density at radius 1 is 1.17 bits per heavy atom. The molecular formula is C15H28Cl2NO2Si2Ti.